The first-order valence-electron chi connectivity index (χ1n) is 7.76. The highest BCUT2D eigenvalue weighted by Gasteiger charge is 2.37. The SMILES string of the molecule is Cc1nn(C)c2ncc(S(=O)(=O)N3CC(C(=O)O)CCC3C)cc12. The summed E-state index contributed by atoms with van der Waals surface area (Å²) in [6.45, 7) is 3.59. The minimum atomic E-state index is -3.81. The third kappa shape index (κ3) is 2.67. The molecule has 1 aliphatic heterocycles. The molecule has 3 heterocycles. The lowest BCUT2D eigenvalue weighted by atomic mass is 9.96. The van der Waals surface area contributed by atoms with Gasteiger partial charge in [-0.05, 0) is 32.8 Å². The molecule has 1 saturated heterocycles. The molecular formula is C15H20N4O4S. The van der Waals surface area contributed by atoms with E-state index in [-0.39, 0.29) is 17.5 Å². The number of hydrogen-bond acceptors (Lipinski definition) is 5. The lowest BCUT2D eigenvalue weighted by Crippen LogP contribution is -2.47. The normalized spacial score (nSPS) is 22.8. The van der Waals surface area contributed by atoms with Crippen LogP contribution in [0.25, 0.3) is 11.0 Å². The lowest BCUT2D eigenvalue weighted by molar-refractivity contribution is -0.143. The number of hydrogen-bond donors (Lipinski definition) is 1. The van der Waals surface area contributed by atoms with Gasteiger partial charge in [-0.1, -0.05) is 0 Å². The van der Waals surface area contributed by atoms with Crippen molar-refractivity contribution in [2.24, 2.45) is 13.0 Å². The van der Waals surface area contributed by atoms with Crippen LogP contribution < -0.4 is 0 Å². The van der Waals surface area contributed by atoms with Crippen LogP contribution in [0.15, 0.2) is 17.2 Å². The van der Waals surface area contributed by atoms with Gasteiger partial charge in [-0.15, -0.1) is 0 Å². The van der Waals surface area contributed by atoms with Crippen LogP contribution in [0.1, 0.15) is 25.5 Å². The van der Waals surface area contributed by atoms with Crippen LogP contribution in [-0.2, 0) is 21.9 Å². The summed E-state index contributed by atoms with van der Waals surface area (Å²) in [5.74, 6) is -1.63. The van der Waals surface area contributed by atoms with Gasteiger partial charge < -0.3 is 5.11 Å². The Morgan fingerprint density at radius 3 is 2.75 bits per heavy atom. The molecule has 0 amide bonds. The second-order valence-corrected chi connectivity index (χ2v) is 8.18. The van der Waals surface area contributed by atoms with Crippen LogP contribution >= 0.6 is 0 Å². The molecule has 0 radical (unpaired) electrons. The molecule has 0 aromatic carbocycles. The van der Waals surface area contributed by atoms with Gasteiger partial charge in [0.2, 0.25) is 10.0 Å². The van der Waals surface area contributed by atoms with Crippen molar-refractivity contribution in [2.45, 2.75) is 37.6 Å². The highest BCUT2D eigenvalue weighted by molar-refractivity contribution is 7.89. The minimum absolute atomic E-state index is 0.0110. The van der Waals surface area contributed by atoms with Crippen molar-refractivity contribution in [3.63, 3.8) is 0 Å². The summed E-state index contributed by atoms with van der Waals surface area (Å²) in [5, 5.41) is 14.1. The number of fused-ring (bicyclic) bond motifs is 1. The third-order valence-corrected chi connectivity index (χ3v) is 6.56. The van der Waals surface area contributed by atoms with Crippen molar-refractivity contribution >= 4 is 27.0 Å². The van der Waals surface area contributed by atoms with Gasteiger partial charge in [0.05, 0.1) is 11.6 Å². The fourth-order valence-corrected chi connectivity index (χ4v) is 4.86. The second-order valence-electron chi connectivity index (χ2n) is 6.29. The number of carboxylic acids is 1. The number of nitrogens with zero attached hydrogens (tertiary/aromatic N) is 4. The summed E-state index contributed by atoms with van der Waals surface area (Å²) >= 11 is 0. The number of aryl methyl sites for hydroxylation is 2. The molecule has 2 unspecified atom stereocenters. The molecule has 9 heteroatoms. The largest absolute Gasteiger partial charge is 0.481 e. The Bertz CT molecular complexity index is 906. The maximum atomic E-state index is 13.0. The van der Waals surface area contributed by atoms with E-state index in [9.17, 15) is 18.3 Å². The van der Waals surface area contributed by atoms with E-state index >= 15 is 0 Å². The van der Waals surface area contributed by atoms with Gasteiger partial charge in [-0.3, -0.25) is 9.48 Å². The highest BCUT2D eigenvalue weighted by Crippen LogP contribution is 2.29. The number of aliphatic carboxylic acids is 1. The average molecular weight is 352 g/mol. The van der Waals surface area contributed by atoms with Crippen molar-refractivity contribution in [1.29, 1.82) is 0 Å². The van der Waals surface area contributed by atoms with Gasteiger partial charge in [0.25, 0.3) is 0 Å². The van der Waals surface area contributed by atoms with Gasteiger partial charge in [0, 0.05) is 31.2 Å². The molecule has 24 heavy (non-hydrogen) atoms. The van der Waals surface area contributed by atoms with E-state index in [1.165, 1.54) is 10.5 Å². The van der Waals surface area contributed by atoms with Crippen LogP contribution in [0.5, 0.6) is 0 Å². The Balaban J connectivity index is 2.03. The molecule has 2 aromatic heterocycles. The van der Waals surface area contributed by atoms with Gasteiger partial charge >= 0.3 is 5.97 Å². The van der Waals surface area contributed by atoms with Crippen molar-refractivity contribution in [3.8, 4) is 0 Å². The van der Waals surface area contributed by atoms with Crippen molar-refractivity contribution in [2.75, 3.05) is 6.54 Å². The summed E-state index contributed by atoms with van der Waals surface area (Å²) < 4.78 is 28.9. The van der Waals surface area contributed by atoms with E-state index in [1.807, 2.05) is 0 Å². The van der Waals surface area contributed by atoms with E-state index in [0.717, 1.165) is 0 Å². The Morgan fingerprint density at radius 2 is 2.08 bits per heavy atom. The third-order valence-electron chi connectivity index (χ3n) is 4.62. The van der Waals surface area contributed by atoms with E-state index in [4.69, 9.17) is 0 Å². The second kappa shape index (κ2) is 5.82. The quantitative estimate of drug-likeness (QED) is 0.888. The maximum Gasteiger partial charge on any atom is 0.307 e. The Labute approximate surface area is 140 Å². The molecule has 3 rings (SSSR count). The van der Waals surface area contributed by atoms with Crippen molar-refractivity contribution < 1.29 is 18.3 Å². The van der Waals surface area contributed by atoms with Crippen LogP contribution in [0, 0.1) is 12.8 Å². The number of sulfonamides is 1. The standard InChI is InChI=1S/C15H20N4O4S/c1-9-4-5-11(15(20)21)8-19(9)24(22,23)12-6-13-10(2)17-18(3)14(13)16-7-12/h6-7,9,11H,4-5,8H2,1-3H3,(H,20,21). The highest BCUT2D eigenvalue weighted by atomic mass is 32.2. The molecule has 0 saturated carbocycles. The minimum Gasteiger partial charge on any atom is -0.481 e. The predicted octanol–water partition coefficient (Wildman–Crippen LogP) is 1.15. The summed E-state index contributed by atoms with van der Waals surface area (Å²) in [7, 11) is -2.06. The molecule has 2 atom stereocenters. The van der Waals surface area contributed by atoms with Crippen LogP contribution in [-0.4, -0.2) is 51.1 Å². The first-order valence-corrected chi connectivity index (χ1v) is 9.20. The Kier molecular flexibility index (Phi) is 4.08. The zero-order valence-electron chi connectivity index (χ0n) is 13.8. The molecule has 8 nitrogen and oxygen atoms in total. The van der Waals surface area contributed by atoms with E-state index in [1.54, 1.807) is 31.6 Å². The summed E-state index contributed by atoms with van der Waals surface area (Å²) in [6.07, 6.45) is 2.33. The van der Waals surface area contributed by atoms with Crippen LogP contribution in [0.3, 0.4) is 0 Å². The van der Waals surface area contributed by atoms with E-state index in [0.29, 0.717) is 29.6 Å². The van der Waals surface area contributed by atoms with Gasteiger partial charge in [0.15, 0.2) is 5.65 Å². The molecule has 2 aromatic rings. The van der Waals surface area contributed by atoms with E-state index in [2.05, 4.69) is 10.1 Å². The summed E-state index contributed by atoms with van der Waals surface area (Å²) in [4.78, 5) is 15.5. The summed E-state index contributed by atoms with van der Waals surface area (Å²) in [6, 6.07) is 1.33. The molecule has 0 bridgehead atoms. The smallest absolute Gasteiger partial charge is 0.307 e. The molecule has 0 spiro atoms. The van der Waals surface area contributed by atoms with E-state index < -0.39 is 21.9 Å². The number of pyridine rings is 1. The average Bonchev–Trinajstić information content (AvgIpc) is 2.81. The Hall–Kier alpha value is -2.00. The van der Waals surface area contributed by atoms with Gasteiger partial charge in [-0.2, -0.15) is 9.40 Å². The number of carboxylic acid groups (broad SMARTS) is 1. The maximum absolute atomic E-state index is 13.0. The summed E-state index contributed by atoms with van der Waals surface area (Å²) in [5.41, 5.74) is 1.31. The fraction of sp³-hybridized carbons (Fsp3) is 0.533. The molecule has 1 fully saturated rings. The first-order chi connectivity index (χ1) is 11.2. The molecule has 1 N–H and O–H groups in total. The number of carbonyl (C=O) groups is 1. The van der Waals surface area contributed by atoms with Crippen LogP contribution in [0.4, 0.5) is 0 Å². The van der Waals surface area contributed by atoms with Crippen molar-refractivity contribution in [1.82, 2.24) is 19.1 Å². The number of piperidine rings is 1. The monoisotopic (exact) mass is 352 g/mol. The molecule has 130 valence electrons. The molecule has 0 aliphatic carbocycles. The number of rotatable bonds is 3. The van der Waals surface area contributed by atoms with Gasteiger partial charge in [-0.25, -0.2) is 13.4 Å². The van der Waals surface area contributed by atoms with Gasteiger partial charge in [0.1, 0.15) is 4.90 Å². The fourth-order valence-electron chi connectivity index (χ4n) is 3.18. The Morgan fingerprint density at radius 1 is 1.38 bits per heavy atom. The first kappa shape index (κ1) is 16.8. The number of aromatic nitrogens is 3. The molecule has 1 aliphatic rings. The van der Waals surface area contributed by atoms with Crippen molar-refractivity contribution in [3.05, 3.63) is 18.0 Å². The van der Waals surface area contributed by atoms with Crippen LogP contribution in [0.2, 0.25) is 0 Å². The zero-order valence-corrected chi connectivity index (χ0v) is 14.6. The molecular weight excluding hydrogens is 332 g/mol. The lowest BCUT2D eigenvalue weighted by Gasteiger charge is -2.35. The zero-order chi connectivity index (χ0) is 17.6. The predicted molar refractivity (Wildman–Crippen MR) is 87.0 cm³/mol. The topological polar surface area (TPSA) is 105 Å².